The number of likely N-dealkylation sites (N-methyl/N-ethyl adjacent to an activating group) is 1. The van der Waals surface area contributed by atoms with E-state index in [-0.39, 0.29) is 5.91 Å². The van der Waals surface area contributed by atoms with Gasteiger partial charge < -0.3 is 10.0 Å². The molecule has 0 bridgehead atoms. The third kappa shape index (κ3) is 4.79. The van der Waals surface area contributed by atoms with Gasteiger partial charge in [0, 0.05) is 38.6 Å². The molecule has 0 radical (unpaired) electrons. The fourth-order valence-electron chi connectivity index (χ4n) is 4.37. The fourth-order valence-corrected chi connectivity index (χ4v) is 4.37. The molecular formula is C20H31N3O2. The standard InChI is InChI=1S/C20H31N3O2/c1-22(14-18-9-5-11-21-13-18)16-20(25)10-6-12-23(19(20)24)15-17-7-3-2-4-8-17/h5,9,11,13,17,25H,2-4,6-8,10,12,14-16H2,1H3. The predicted octanol–water partition coefficient (Wildman–Crippen LogP) is 2.45. The molecule has 0 aromatic carbocycles. The summed E-state index contributed by atoms with van der Waals surface area (Å²) in [6, 6.07) is 3.93. The Morgan fingerprint density at radius 1 is 1.32 bits per heavy atom. The second-order valence-electron chi connectivity index (χ2n) is 7.92. The Morgan fingerprint density at radius 2 is 2.12 bits per heavy atom. The molecule has 1 N–H and O–H groups in total. The number of hydrogen-bond donors (Lipinski definition) is 1. The fraction of sp³-hybridized carbons (Fsp3) is 0.700. The van der Waals surface area contributed by atoms with Crippen LogP contribution >= 0.6 is 0 Å². The van der Waals surface area contributed by atoms with Gasteiger partial charge in [-0.15, -0.1) is 0 Å². The smallest absolute Gasteiger partial charge is 0.255 e. The van der Waals surface area contributed by atoms with Gasteiger partial charge in [0.1, 0.15) is 0 Å². The minimum absolute atomic E-state index is 0.0673. The zero-order valence-corrected chi connectivity index (χ0v) is 15.4. The summed E-state index contributed by atoms with van der Waals surface area (Å²) in [5.74, 6) is 0.551. The maximum atomic E-state index is 12.9. The van der Waals surface area contributed by atoms with Crippen molar-refractivity contribution in [3.8, 4) is 0 Å². The predicted molar refractivity (Wildman–Crippen MR) is 97.9 cm³/mol. The van der Waals surface area contributed by atoms with Crippen LogP contribution in [-0.4, -0.2) is 58.1 Å². The first-order valence-electron chi connectivity index (χ1n) is 9.66. The van der Waals surface area contributed by atoms with Crippen LogP contribution in [0, 0.1) is 5.92 Å². The van der Waals surface area contributed by atoms with E-state index >= 15 is 0 Å². The lowest BCUT2D eigenvalue weighted by Crippen LogP contribution is -2.58. The summed E-state index contributed by atoms with van der Waals surface area (Å²) in [6.45, 7) is 2.69. The van der Waals surface area contributed by atoms with Crippen molar-refractivity contribution < 1.29 is 9.90 Å². The lowest BCUT2D eigenvalue weighted by atomic mass is 9.86. The van der Waals surface area contributed by atoms with Crippen LogP contribution in [0.15, 0.2) is 24.5 Å². The summed E-state index contributed by atoms with van der Waals surface area (Å²) in [7, 11) is 1.96. The minimum atomic E-state index is -1.25. The summed E-state index contributed by atoms with van der Waals surface area (Å²) < 4.78 is 0. The van der Waals surface area contributed by atoms with E-state index in [1.54, 1.807) is 6.20 Å². The van der Waals surface area contributed by atoms with Crippen LogP contribution in [0.2, 0.25) is 0 Å². The van der Waals surface area contributed by atoms with E-state index in [1.807, 2.05) is 35.2 Å². The molecule has 1 aromatic heterocycles. The van der Waals surface area contributed by atoms with E-state index in [0.717, 1.165) is 25.1 Å². The van der Waals surface area contributed by atoms with Gasteiger partial charge in [-0.1, -0.05) is 25.3 Å². The van der Waals surface area contributed by atoms with E-state index in [4.69, 9.17) is 0 Å². The molecule has 1 amide bonds. The van der Waals surface area contributed by atoms with Crippen LogP contribution in [-0.2, 0) is 11.3 Å². The monoisotopic (exact) mass is 345 g/mol. The number of amides is 1. The van der Waals surface area contributed by atoms with Gasteiger partial charge in [0.2, 0.25) is 0 Å². The quantitative estimate of drug-likeness (QED) is 0.860. The molecule has 3 rings (SSSR count). The van der Waals surface area contributed by atoms with Gasteiger partial charge in [0.25, 0.3) is 5.91 Å². The first-order valence-corrected chi connectivity index (χ1v) is 9.66. The maximum absolute atomic E-state index is 12.9. The SMILES string of the molecule is CN(Cc1cccnc1)CC1(O)CCCN(CC2CCCCC2)C1=O. The average Bonchev–Trinajstić information content (AvgIpc) is 2.61. The Morgan fingerprint density at radius 3 is 2.84 bits per heavy atom. The molecular weight excluding hydrogens is 314 g/mol. The number of aliphatic hydroxyl groups is 1. The zero-order valence-electron chi connectivity index (χ0n) is 15.4. The lowest BCUT2D eigenvalue weighted by molar-refractivity contribution is -0.160. The van der Waals surface area contributed by atoms with Crippen LogP contribution in [0.25, 0.3) is 0 Å². The van der Waals surface area contributed by atoms with Crippen molar-refractivity contribution in [1.82, 2.24) is 14.8 Å². The lowest BCUT2D eigenvalue weighted by Gasteiger charge is -2.41. The Hall–Kier alpha value is -1.46. The molecule has 0 spiro atoms. The van der Waals surface area contributed by atoms with E-state index < -0.39 is 5.60 Å². The minimum Gasteiger partial charge on any atom is -0.379 e. The second kappa shape index (κ2) is 8.28. The van der Waals surface area contributed by atoms with Crippen molar-refractivity contribution in [3.05, 3.63) is 30.1 Å². The Kier molecular flexibility index (Phi) is 6.07. The average molecular weight is 345 g/mol. The third-order valence-corrected chi connectivity index (χ3v) is 5.61. The first kappa shape index (κ1) is 18.3. The molecule has 2 aliphatic rings. The van der Waals surface area contributed by atoms with Crippen LogP contribution in [0.1, 0.15) is 50.5 Å². The third-order valence-electron chi connectivity index (χ3n) is 5.61. The first-order chi connectivity index (χ1) is 12.1. The number of rotatable bonds is 6. The van der Waals surface area contributed by atoms with Gasteiger partial charge in [0.05, 0.1) is 0 Å². The molecule has 1 saturated carbocycles. The topological polar surface area (TPSA) is 56.7 Å². The number of nitrogens with zero attached hydrogens (tertiary/aromatic N) is 3. The molecule has 1 aliphatic heterocycles. The highest BCUT2D eigenvalue weighted by molar-refractivity contribution is 5.86. The Labute approximate surface area is 151 Å². The van der Waals surface area contributed by atoms with E-state index in [0.29, 0.717) is 25.4 Å². The van der Waals surface area contributed by atoms with Gasteiger partial charge in [-0.05, 0) is 50.3 Å². The molecule has 1 aliphatic carbocycles. The number of likely N-dealkylation sites (tertiary alicyclic amines) is 1. The zero-order chi connectivity index (χ0) is 17.7. The van der Waals surface area contributed by atoms with E-state index in [9.17, 15) is 9.90 Å². The van der Waals surface area contributed by atoms with Crippen LogP contribution in [0.3, 0.4) is 0 Å². The molecule has 1 saturated heterocycles. The molecule has 5 heteroatoms. The van der Waals surface area contributed by atoms with Crippen LogP contribution < -0.4 is 0 Å². The summed E-state index contributed by atoms with van der Waals surface area (Å²) in [4.78, 5) is 21.0. The van der Waals surface area contributed by atoms with Crippen molar-refractivity contribution in [2.75, 3.05) is 26.7 Å². The van der Waals surface area contributed by atoms with Gasteiger partial charge in [0.15, 0.2) is 5.60 Å². The van der Waals surface area contributed by atoms with Gasteiger partial charge in [-0.3, -0.25) is 14.7 Å². The van der Waals surface area contributed by atoms with Crippen molar-refractivity contribution in [3.63, 3.8) is 0 Å². The maximum Gasteiger partial charge on any atom is 0.255 e. The highest BCUT2D eigenvalue weighted by Gasteiger charge is 2.43. The normalized spacial score (nSPS) is 25.6. The number of pyridine rings is 1. The largest absolute Gasteiger partial charge is 0.379 e. The van der Waals surface area contributed by atoms with Crippen LogP contribution in [0.5, 0.6) is 0 Å². The molecule has 1 aromatic rings. The number of carbonyl (C=O) groups is 1. The Bertz CT molecular complexity index is 559. The summed E-state index contributed by atoms with van der Waals surface area (Å²) in [6.07, 6.45) is 11.4. The molecule has 1 unspecified atom stereocenters. The molecule has 5 nitrogen and oxygen atoms in total. The van der Waals surface area contributed by atoms with Crippen molar-refractivity contribution in [2.45, 2.75) is 57.1 Å². The molecule has 2 fully saturated rings. The van der Waals surface area contributed by atoms with Crippen molar-refractivity contribution >= 4 is 5.91 Å². The molecule has 25 heavy (non-hydrogen) atoms. The highest BCUT2D eigenvalue weighted by Crippen LogP contribution is 2.29. The van der Waals surface area contributed by atoms with Crippen LogP contribution in [0.4, 0.5) is 0 Å². The van der Waals surface area contributed by atoms with E-state index in [2.05, 4.69) is 4.98 Å². The number of aromatic nitrogens is 1. The summed E-state index contributed by atoms with van der Waals surface area (Å²) >= 11 is 0. The van der Waals surface area contributed by atoms with E-state index in [1.165, 1.54) is 32.1 Å². The Balaban J connectivity index is 1.58. The number of carbonyl (C=O) groups excluding carboxylic acids is 1. The number of piperidine rings is 1. The highest BCUT2D eigenvalue weighted by atomic mass is 16.3. The second-order valence-corrected chi connectivity index (χ2v) is 7.92. The molecule has 138 valence electrons. The van der Waals surface area contributed by atoms with Gasteiger partial charge >= 0.3 is 0 Å². The number of hydrogen-bond acceptors (Lipinski definition) is 4. The summed E-state index contributed by atoms with van der Waals surface area (Å²) in [5, 5.41) is 11.0. The van der Waals surface area contributed by atoms with Crippen molar-refractivity contribution in [2.24, 2.45) is 5.92 Å². The summed E-state index contributed by atoms with van der Waals surface area (Å²) in [5.41, 5.74) is -0.153. The van der Waals surface area contributed by atoms with Gasteiger partial charge in [-0.2, -0.15) is 0 Å². The molecule has 1 atom stereocenters. The molecule has 2 heterocycles. The van der Waals surface area contributed by atoms with Gasteiger partial charge in [-0.25, -0.2) is 0 Å². The van der Waals surface area contributed by atoms with Crippen molar-refractivity contribution in [1.29, 1.82) is 0 Å².